The fourth-order valence-electron chi connectivity index (χ4n) is 2.51. The highest BCUT2D eigenvalue weighted by Crippen LogP contribution is 2.27. The molecule has 2 rings (SSSR count). The molecule has 0 aliphatic heterocycles. The molecule has 21 heavy (non-hydrogen) atoms. The summed E-state index contributed by atoms with van der Waals surface area (Å²) < 4.78 is 13.1. The van der Waals surface area contributed by atoms with Crippen LogP contribution >= 0.6 is 11.3 Å². The van der Waals surface area contributed by atoms with Crippen LogP contribution in [0.1, 0.15) is 35.5 Å². The molecule has 2 atom stereocenters. The summed E-state index contributed by atoms with van der Waals surface area (Å²) in [5.41, 5.74) is 10.3. The summed E-state index contributed by atoms with van der Waals surface area (Å²) in [5, 5.41) is 0. The lowest BCUT2D eigenvalue weighted by atomic mass is 9.96. The first-order chi connectivity index (χ1) is 10.0. The van der Waals surface area contributed by atoms with Gasteiger partial charge in [-0.05, 0) is 38.1 Å². The lowest BCUT2D eigenvalue weighted by molar-refractivity contribution is 0.203. The highest BCUT2D eigenvalue weighted by atomic mass is 32.1. The van der Waals surface area contributed by atoms with E-state index in [1.807, 2.05) is 24.6 Å². The molecule has 114 valence electrons. The lowest BCUT2D eigenvalue weighted by Gasteiger charge is -2.32. The number of hydrogen-bond acceptors (Lipinski definition) is 4. The van der Waals surface area contributed by atoms with Crippen LogP contribution in [-0.2, 0) is 6.54 Å². The van der Waals surface area contributed by atoms with Crippen molar-refractivity contribution in [3.63, 3.8) is 0 Å². The van der Waals surface area contributed by atoms with Gasteiger partial charge in [-0.2, -0.15) is 0 Å². The van der Waals surface area contributed by atoms with Gasteiger partial charge in [0.1, 0.15) is 5.82 Å². The molecule has 0 saturated heterocycles. The van der Waals surface area contributed by atoms with Gasteiger partial charge in [-0.15, -0.1) is 11.3 Å². The Balaban J connectivity index is 2.23. The largest absolute Gasteiger partial charge is 0.326 e. The first kappa shape index (κ1) is 16.1. The molecular weight excluding hydrogens is 285 g/mol. The van der Waals surface area contributed by atoms with Gasteiger partial charge < -0.3 is 5.73 Å². The number of nitrogens with two attached hydrogens (primary N) is 1. The zero-order valence-corrected chi connectivity index (χ0v) is 13.5. The van der Waals surface area contributed by atoms with Crippen LogP contribution in [0.4, 0.5) is 4.39 Å². The molecule has 1 aromatic carbocycles. The molecule has 2 unspecified atom stereocenters. The van der Waals surface area contributed by atoms with Crippen molar-refractivity contribution in [1.82, 2.24) is 9.88 Å². The Kier molecular flexibility index (Phi) is 5.45. The van der Waals surface area contributed by atoms with Gasteiger partial charge in [0.15, 0.2) is 0 Å². The highest BCUT2D eigenvalue weighted by molar-refractivity contribution is 7.09. The summed E-state index contributed by atoms with van der Waals surface area (Å²) in [6.07, 6.45) is 0.869. The van der Waals surface area contributed by atoms with Crippen LogP contribution in [0.5, 0.6) is 0 Å². The summed E-state index contributed by atoms with van der Waals surface area (Å²) in [5.74, 6) is -0.219. The molecule has 0 aliphatic carbocycles. The second-order valence-electron chi connectivity index (χ2n) is 5.34. The Bertz CT molecular complexity index is 567. The van der Waals surface area contributed by atoms with Crippen LogP contribution in [0, 0.1) is 12.7 Å². The molecule has 0 radical (unpaired) electrons. The van der Waals surface area contributed by atoms with Crippen molar-refractivity contribution in [2.45, 2.75) is 38.9 Å². The molecule has 0 fully saturated rings. The highest BCUT2D eigenvalue weighted by Gasteiger charge is 2.24. The van der Waals surface area contributed by atoms with Crippen molar-refractivity contribution in [3.05, 3.63) is 51.7 Å². The fourth-order valence-corrected chi connectivity index (χ4v) is 3.35. The first-order valence-electron chi connectivity index (χ1n) is 7.13. The third kappa shape index (κ3) is 3.87. The molecule has 2 N–H and O–H groups in total. The Labute approximate surface area is 129 Å². The van der Waals surface area contributed by atoms with Crippen molar-refractivity contribution in [2.75, 3.05) is 7.05 Å². The summed E-state index contributed by atoms with van der Waals surface area (Å²) in [7, 11) is 2.06. The maximum Gasteiger partial charge on any atom is 0.123 e. The third-order valence-corrected chi connectivity index (χ3v) is 4.72. The molecule has 0 amide bonds. The number of nitrogens with zero attached hydrogens (tertiary/aromatic N) is 2. The van der Waals surface area contributed by atoms with Gasteiger partial charge in [0, 0.05) is 23.5 Å². The summed E-state index contributed by atoms with van der Waals surface area (Å²) in [6, 6.07) is 6.72. The summed E-state index contributed by atoms with van der Waals surface area (Å²) in [4.78, 5) is 7.76. The molecule has 0 bridgehead atoms. The maximum absolute atomic E-state index is 13.1. The van der Waals surface area contributed by atoms with Gasteiger partial charge in [0.2, 0.25) is 0 Å². The zero-order valence-electron chi connectivity index (χ0n) is 12.7. The minimum atomic E-state index is -0.219. The first-order valence-corrected chi connectivity index (χ1v) is 8.01. The predicted molar refractivity (Wildman–Crippen MR) is 85.7 cm³/mol. The van der Waals surface area contributed by atoms with Gasteiger partial charge in [0.25, 0.3) is 0 Å². The molecule has 2 aromatic rings. The molecule has 3 nitrogen and oxygen atoms in total. The van der Waals surface area contributed by atoms with E-state index in [0.29, 0.717) is 0 Å². The van der Waals surface area contributed by atoms with Gasteiger partial charge in [-0.3, -0.25) is 4.90 Å². The van der Waals surface area contributed by atoms with E-state index >= 15 is 0 Å². The van der Waals surface area contributed by atoms with Crippen molar-refractivity contribution in [2.24, 2.45) is 5.73 Å². The van der Waals surface area contributed by atoms with E-state index in [2.05, 4.69) is 23.9 Å². The van der Waals surface area contributed by atoms with Crippen molar-refractivity contribution in [1.29, 1.82) is 0 Å². The average molecular weight is 307 g/mol. The Morgan fingerprint density at radius 1 is 1.33 bits per heavy atom. The normalized spacial score (nSPS) is 14.4. The number of hydrogen-bond donors (Lipinski definition) is 1. The van der Waals surface area contributed by atoms with E-state index in [1.54, 1.807) is 11.3 Å². The number of aryl methyl sites for hydroxylation is 1. The van der Waals surface area contributed by atoms with Gasteiger partial charge >= 0.3 is 0 Å². The molecule has 5 heteroatoms. The van der Waals surface area contributed by atoms with Crippen LogP contribution < -0.4 is 5.73 Å². The number of aromatic nitrogens is 1. The van der Waals surface area contributed by atoms with E-state index in [-0.39, 0.29) is 17.9 Å². The van der Waals surface area contributed by atoms with Crippen molar-refractivity contribution >= 4 is 11.3 Å². The number of halogens is 1. The minimum absolute atomic E-state index is 0.00805. The third-order valence-electron chi connectivity index (χ3n) is 3.80. The van der Waals surface area contributed by atoms with Crippen LogP contribution in [0.2, 0.25) is 0 Å². The Morgan fingerprint density at radius 3 is 2.52 bits per heavy atom. The van der Waals surface area contributed by atoms with Crippen LogP contribution in [0.3, 0.4) is 0 Å². The Hall–Kier alpha value is -1.30. The number of benzene rings is 1. The quantitative estimate of drug-likeness (QED) is 0.888. The van der Waals surface area contributed by atoms with Crippen molar-refractivity contribution in [3.8, 4) is 0 Å². The molecular formula is C16H22FN3S. The molecule has 1 heterocycles. The lowest BCUT2D eigenvalue weighted by Crippen LogP contribution is -2.38. The van der Waals surface area contributed by atoms with E-state index in [0.717, 1.165) is 24.2 Å². The maximum atomic E-state index is 13.1. The molecule has 0 saturated carbocycles. The second kappa shape index (κ2) is 7.11. The standard InChI is InChI=1S/C16H22FN3S/c1-4-14(18)16(12-5-7-13(17)8-6-12)20(3)9-15-11(2)19-10-21-15/h5-8,10,14,16H,4,9,18H2,1-3H3. The van der Waals surface area contributed by atoms with Gasteiger partial charge in [-0.25, -0.2) is 9.37 Å². The van der Waals surface area contributed by atoms with Crippen LogP contribution in [-0.4, -0.2) is 23.0 Å². The average Bonchev–Trinajstić information content (AvgIpc) is 2.86. The summed E-state index contributed by atoms with van der Waals surface area (Å²) in [6.45, 7) is 4.89. The van der Waals surface area contributed by atoms with E-state index in [4.69, 9.17) is 5.73 Å². The monoisotopic (exact) mass is 307 g/mol. The number of rotatable bonds is 6. The predicted octanol–water partition coefficient (Wildman–Crippen LogP) is 3.50. The number of thiazole rings is 1. The minimum Gasteiger partial charge on any atom is -0.326 e. The molecule has 0 spiro atoms. The Morgan fingerprint density at radius 2 is 2.00 bits per heavy atom. The van der Waals surface area contributed by atoms with Crippen LogP contribution in [0.15, 0.2) is 29.8 Å². The smallest absolute Gasteiger partial charge is 0.123 e. The summed E-state index contributed by atoms with van der Waals surface area (Å²) >= 11 is 1.66. The molecule has 0 aliphatic rings. The van der Waals surface area contributed by atoms with Gasteiger partial charge in [-0.1, -0.05) is 19.1 Å². The number of likely N-dealkylation sites (N-methyl/N-ethyl adjacent to an activating group) is 1. The van der Waals surface area contributed by atoms with E-state index in [1.165, 1.54) is 17.0 Å². The van der Waals surface area contributed by atoms with Crippen molar-refractivity contribution < 1.29 is 4.39 Å². The van der Waals surface area contributed by atoms with E-state index < -0.39 is 0 Å². The van der Waals surface area contributed by atoms with E-state index in [9.17, 15) is 4.39 Å². The van der Waals surface area contributed by atoms with Gasteiger partial charge in [0.05, 0.1) is 11.2 Å². The topological polar surface area (TPSA) is 42.1 Å². The SMILES string of the molecule is CCC(N)C(c1ccc(F)cc1)N(C)Cc1scnc1C. The second-order valence-corrected chi connectivity index (χ2v) is 6.28. The van der Waals surface area contributed by atoms with Crippen LogP contribution in [0.25, 0.3) is 0 Å². The molecule has 1 aromatic heterocycles. The fraction of sp³-hybridized carbons (Fsp3) is 0.438. The zero-order chi connectivity index (χ0) is 15.4.